The molecule has 28 heavy (non-hydrogen) atoms. The van der Waals surface area contributed by atoms with Crippen LogP contribution in [0.2, 0.25) is 0 Å². The van der Waals surface area contributed by atoms with Gasteiger partial charge in [-0.2, -0.15) is 0 Å². The molecule has 0 aromatic heterocycles. The second-order valence-electron chi connectivity index (χ2n) is 10.4. The van der Waals surface area contributed by atoms with Gasteiger partial charge in [-0.05, 0) is 94.3 Å². The van der Waals surface area contributed by atoms with Crippen LogP contribution < -0.4 is 0 Å². The van der Waals surface area contributed by atoms with Crippen molar-refractivity contribution in [2.45, 2.75) is 95.5 Å². The van der Waals surface area contributed by atoms with Crippen LogP contribution in [0.15, 0.2) is 11.6 Å². The molecule has 0 aromatic carbocycles. The van der Waals surface area contributed by atoms with Crippen LogP contribution in [0.25, 0.3) is 0 Å². The van der Waals surface area contributed by atoms with Crippen molar-refractivity contribution in [3.8, 4) is 12.3 Å². The van der Waals surface area contributed by atoms with Crippen molar-refractivity contribution in [2.75, 3.05) is 6.61 Å². The Morgan fingerprint density at radius 3 is 2.79 bits per heavy atom. The average molecular weight is 385 g/mol. The maximum Gasteiger partial charge on any atom is 0.158 e. The van der Waals surface area contributed by atoms with E-state index in [2.05, 4.69) is 18.9 Å². The molecule has 0 radical (unpaired) electrons. The lowest BCUT2D eigenvalue weighted by Gasteiger charge is -2.55. The van der Waals surface area contributed by atoms with Crippen LogP contribution in [-0.2, 0) is 9.47 Å². The van der Waals surface area contributed by atoms with E-state index in [1.807, 2.05) is 0 Å². The van der Waals surface area contributed by atoms with Crippen molar-refractivity contribution >= 4 is 0 Å². The van der Waals surface area contributed by atoms with Crippen molar-refractivity contribution in [1.82, 2.24) is 0 Å². The monoisotopic (exact) mass is 384 g/mol. The van der Waals surface area contributed by atoms with E-state index in [0.717, 1.165) is 56.5 Å². The Morgan fingerprint density at radius 2 is 2.00 bits per heavy atom. The third-order valence-corrected chi connectivity index (χ3v) is 9.27. The summed E-state index contributed by atoms with van der Waals surface area (Å²) in [5.74, 6) is 5.64. The van der Waals surface area contributed by atoms with Crippen LogP contribution in [0.4, 0.5) is 0 Å². The molecule has 5 aliphatic rings. The molecule has 0 amide bonds. The standard InChI is InChI=1S/C25H36O3/c1-3-25(26)14-12-22-21-9-7-17-16-18(28-23-6-4-5-15-27-23)8-10-19(17)20(21)11-13-24(22,25)2/h1,16,18-23,26H,4-15H2,2H3/t18?,19-,20+,21+,22-,23?,24-,25-/m0/s1. The predicted molar refractivity (Wildman–Crippen MR) is 109 cm³/mol. The summed E-state index contributed by atoms with van der Waals surface area (Å²) in [6.07, 6.45) is 21.0. The normalized spacial score (nSPS) is 50.7. The molecule has 8 atom stereocenters. The van der Waals surface area contributed by atoms with Gasteiger partial charge < -0.3 is 14.6 Å². The SMILES string of the molecule is C#C[C@]1(O)CC[C@H]2[C@@H]3CCC4=CC(OC5CCCCO5)CC[C@@H]4[C@H]3CC[C@@]21C. The van der Waals surface area contributed by atoms with Crippen molar-refractivity contribution in [3.63, 3.8) is 0 Å². The summed E-state index contributed by atoms with van der Waals surface area (Å²) in [4.78, 5) is 0. The third-order valence-electron chi connectivity index (χ3n) is 9.27. The predicted octanol–water partition coefficient (Wildman–Crippen LogP) is 4.84. The summed E-state index contributed by atoms with van der Waals surface area (Å²) >= 11 is 0. The fourth-order valence-corrected chi connectivity index (χ4v) is 7.67. The number of terminal acetylenes is 1. The maximum atomic E-state index is 11.1. The highest BCUT2D eigenvalue weighted by atomic mass is 16.7. The molecule has 4 aliphatic carbocycles. The lowest BCUT2D eigenvalue weighted by atomic mass is 9.50. The number of ether oxygens (including phenoxy) is 2. The van der Waals surface area contributed by atoms with E-state index < -0.39 is 5.60 Å². The quantitative estimate of drug-likeness (QED) is 0.547. The smallest absolute Gasteiger partial charge is 0.158 e. The minimum atomic E-state index is -0.885. The molecule has 1 heterocycles. The van der Waals surface area contributed by atoms with Crippen LogP contribution in [-0.4, -0.2) is 29.7 Å². The number of rotatable bonds is 2. The van der Waals surface area contributed by atoms with E-state index in [1.54, 1.807) is 5.57 Å². The molecule has 2 unspecified atom stereocenters. The zero-order valence-electron chi connectivity index (χ0n) is 17.4. The molecule has 4 fully saturated rings. The van der Waals surface area contributed by atoms with Gasteiger partial charge in [0.1, 0.15) is 5.60 Å². The number of hydrogen-bond acceptors (Lipinski definition) is 3. The Labute approximate surface area is 170 Å². The van der Waals surface area contributed by atoms with Crippen LogP contribution in [0.5, 0.6) is 0 Å². The fourth-order valence-electron chi connectivity index (χ4n) is 7.67. The summed E-state index contributed by atoms with van der Waals surface area (Å²) in [5, 5.41) is 11.1. The van der Waals surface area contributed by atoms with Gasteiger partial charge in [-0.3, -0.25) is 0 Å². The first-order chi connectivity index (χ1) is 13.5. The third kappa shape index (κ3) is 2.91. The van der Waals surface area contributed by atoms with E-state index in [1.165, 1.54) is 38.5 Å². The number of allylic oxidation sites excluding steroid dienone is 1. The molecule has 3 nitrogen and oxygen atoms in total. The number of fused-ring (bicyclic) bond motifs is 5. The molecule has 1 N–H and O–H groups in total. The van der Waals surface area contributed by atoms with Crippen LogP contribution >= 0.6 is 0 Å². The largest absolute Gasteiger partial charge is 0.377 e. The summed E-state index contributed by atoms with van der Waals surface area (Å²) < 4.78 is 12.1. The van der Waals surface area contributed by atoms with E-state index >= 15 is 0 Å². The molecule has 0 spiro atoms. The summed E-state index contributed by atoms with van der Waals surface area (Å²) in [6, 6.07) is 0. The molecule has 0 bridgehead atoms. The van der Waals surface area contributed by atoms with E-state index in [4.69, 9.17) is 15.9 Å². The van der Waals surface area contributed by atoms with Gasteiger partial charge in [0.25, 0.3) is 0 Å². The molecule has 154 valence electrons. The molecule has 1 aliphatic heterocycles. The molecule has 0 aromatic rings. The Balaban J connectivity index is 1.30. The molecule has 5 rings (SSSR count). The molecule has 1 saturated heterocycles. The fraction of sp³-hybridized carbons (Fsp3) is 0.840. The van der Waals surface area contributed by atoms with Gasteiger partial charge in [0.2, 0.25) is 0 Å². The number of aliphatic hydroxyl groups is 1. The first-order valence-corrected chi connectivity index (χ1v) is 11.7. The molecular weight excluding hydrogens is 348 g/mol. The lowest BCUT2D eigenvalue weighted by Crippen LogP contribution is -2.52. The first-order valence-electron chi connectivity index (χ1n) is 11.7. The van der Waals surface area contributed by atoms with Gasteiger partial charge in [0.05, 0.1) is 6.10 Å². The van der Waals surface area contributed by atoms with E-state index in [-0.39, 0.29) is 17.8 Å². The zero-order valence-corrected chi connectivity index (χ0v) is 17.4. The van der Waals surface area contributed by atoms with Gasteiger partial charge in [-0.1, -0.05) is 24.5 Å². The van der Waals surface area contributed by atoms with Crippen LogP contribution in [0, 0.1) is 41.4 Å². The van der Waals surface area contributed by atoms with Crippen molar-refractivity contribution in [3.05, 3.63) is 11.6 Å². The average Bonchev–Trinajstić information content (AvgIpc) is 3.00. The molecule has 3 heteroatoms. The highest BCUT2D eigenvalue weighted by molar-refractivity contribution is 5.25. The van der Waals surface area contributed by atoms with Gasteiger partial charge >= 0.3 is 0 Å². The second kappa shape index (κ2) is 7.15. The van der Waals surface area contributed by atoms with Crippen molar-refractivity contribution in [1.29, 1.82) is 0 Å². The zero-order chi connectivity index (χ0) is 19.4. The van der Waals surface area contributed by atoms with Crippen molar-refractivity contribution < 1.29 is 14.6 Å². The van der Waals surface area contributed by atoms with Crippen molar-refractivity contribution in [2.24, 2.45) is 29.1 Å². The van der Waals surface area contributed by atoms with Gasteiger partial charge in [0.15, 0.2) is 6.29 Å². The molecule has 3 saturated carbocycles. The Morgan fingerprint density at radius 1 is 1.11 bits per heavy atom. The topological polar surface area (TPSA) is 38.7 Å². The highest BCUT2D eigenvalue weighted by Crippen LogP contribution is 2.64. The summed E-state index contributed by atoms with van der Waals surface area (Å²) in [5.41, 5.74) is 0.689. The van der Waals surface area contributed by atoms with Gasteiger partial charge in [0, 0.05) is 12.0 Å². The minimum absolute atomic E-state index is 0.0128. The first kappa shape index (κ1) is 19.2. The van der Waals surface area contributed by atoms with Crippen LogP contribution in [0.1, 0.15) is 77.6 Å². The van der Waals surface area contributed by atoms with Gasteiger partial charge in [-0.15, -0.1) is 6.42 Å². The maximum absolute atomic E-state index is 11.1. The Hall–Kier alpha value is -0.820. The number of hydrogen-bond donors (Lipinski definition) is 1. The second-order valence-corrected chi connectivity index (χ2v) is 10.4. The molecular formula is C25H36O3. The van der Waals surface area contributed by atoms with E-state index in [0.29, 0.717) is 5.92 Å². The summed E-state index contributed by atoms with van der Waals surface area (Å²) in [7, 11) is 0. The van der Waals surface area contributed by atoms with E-state index in [9.17, 15) is 5.11 Å². The minimum Gasteiger partial charge on any atom is -0.377 e. The highest BCUT2D eigenvalue weighted by Gasteiger charge is 2.61. The summed E-state index contributed by atoms with van der Waals surface area (Å²) in [6.45, 7) is 3.13. The Kier molecular flexibility index (Phi) is 4.89. The lowest BCUT2D eigenvalue weighted by molar-refractivity contribution is -0.181. The Bertz CT molecular complexity index is 672. The van der Waals surface area contributed by atoms with Crippen LogP contribution in [0.3, 0.4) is 0 Å². The van der Waals surface area contributed by atoms with Gasteiger partial charge in [-0.25, -0.2) is 0 Å².